The number of ether oxygens (including phenoxy) is 2. The van der Waals surface area contributed by atoms with Crippen LogP contribution in [0.15, 0.2) is 23.2 Å². The smallest absolute Gasteiger partial charge is 0.242 e. The summed E-state index contributed by atoms with van der Waals surface area (Å²) in [7, 11) is 3.09. The molecule has 1 rings (SSSR count). The van der Waals surface area contributed by atoms with E-state index >= 15 is 0 Å². The number of nitrogens with zero attached hydrogens (tertiary/aromatic N) is 1. The van der Waals surface area contributed by atoms with Crippen molar-refractivity contribution in [3.8, 4) is 23.8 Å². The van der Waals surface area contributed by atoms with E-state index in [1.54, 1.807) is 25.3 Å². The lowest BCUT2D eigenvalue weighted by molar-refractivity contribution is -0.119. The second-order valence-corrected chi connectivity index (χ2v) is 3.87. The van der Waals surface area contributed by atoms with Gasteiger partial charge in [-0.2, -0.15) is 0 Å². The van der Waals surface area contributed by atoms with E-state index in [1.165, 1.54) is 7.11 Å². The monoisotopic (exact) mass is 290 g/mol. The molecular weight excluding hydrogens is 272 g/mol. The molecule has 0 aromatic heterocycles. The zero-order valence-electron chi connectivity index (χ0n) is 12.0. The molecule has 7 heteroatoms. The van der Waals surface area contributed by atoms with E-state index in [2.05, 4.69) is 21.5 Å². The lowest BCUT2D eigenvalue weighted by atomic mass is 10.2. The second kappa shape index (κ2) is 8.32. The summed E-state index contributed by atoms with van der Waals surface area (Å²) in [5.74, 6) is 3.28. The number of aliphatic imine (C=N–C) groups is 1. The Morgan fingerprint density at radius 2 is 2.19 bits per heavy atom. The number of benzene rings is 1. The minimum Gasteiger partial charge on any atom is -0.497 e. The largest absolute Gasteiger partial charge is 0.497 e. The highest BCUT2D eigenvalue weighted by molar-refractivity contribution is 5.95. The zero-order chi connectivity index (χ0) is 15.7. The van der Waals surface area contributed by atoms with Gasteiger partial charge in [0.25, 0.3) is 0 Å². The number of hydrogen-bond donors (Lipinski definition) is 3. The SMILES string of the molecule is C#CCNC(=O)CN=C(N)Nc1cc(OC)ccc1OC. The molecule has 1 aromatic rings. The minimum absolute atomic E-state index is 0.0809. The summed E-state index contributed by atoms with van der Waals surface area (Å²) in [5, 5.41) is 5.33. The highest BCUT2D eigenvalue weighted by atomic mass is 16.5. The van der Waals surface area contributed by atoms with Crippen LogP contribution >= 0.6 is 0 Å². The molecule has 0 spiro atoms. The van der Waals surface area contributed by atoms with Gasteiger partial charge >= 0.3 is 0 Å². The molecule has 1 aromatic carbocycles. The molecule has 21 heavy (non-hydrogen) atoms. The predicted octanol–water partition coefficient (Wildman–Crippen LogP) is 0.180. The summed E-state index contributed by atoms with van der Waals surface area (Å²) in [6.07, 6.45) is 5.03. The summed E-state index contributed by atoms with van der Waals surface area (Å²) in [5.41, 5.74) is 6.31. The van der Waals surface area contributed by atoms with Gasteiger partial charge in [0.05, 0.1) is 26.5 Å². The van der Waals surface area contributed by atoms with E-state index in [4.69, 9.17) is 21.6 Å². The van der Waals surface area contributed by atoms with Crippen LogP contribution in [0.3, 0.4) is 0 Å². The van der Waals surface area contributed by atoms with E-state index < -0.39 is 0 Å². The van der Waals surface area contributed by atoms with Crippen LogP contribution in [-0.4, -0.2) is 39.2 Å². The maximum Gasteiger partial charge on any atom is 0.242 e. The van der Waals surface area contributed by atoms with Crippen LogP contribution in [0.5, 0.6) is 11.5 Å². The van der Waals surface area contributed by atoms with Crippen LogP contribution in [0.4, 0.5) is 5.69 Å². The molecule has 0 aliphatic heterocycles. The predicted molar refractivity (Wildman–Crippen MR) is 81.5 cm³/mol. The Morgan fingerprint density at radius 3 is 2.81 bits per heavy atom. The molecule has 0 fully saturated rings. The number of methoxy groups -OCH3 is 2. The third-order valence-electron chi connectivity index (χ3n) is 2.45. The van der Waals surface area contributed by atoms with Crippen LogP contribution in [0.2, 0.25) is 0 Å². The molecule has 0 radical (unpaired) electrons. The zero-order valence-corrected chi connectivity index (χ0v) is 12.0. The Balaban J connectivity index is 2.71. The van der Waals surface area contributed by atoms with Crippen molar-refractivity contribution in [2.75, 3.05) is 32.6 Å². The molecular formula is C14H18N4O3. The maximum atomic E-state index is 11.3. The van der Waals surface area contributed by atoms with Crippen molar-refractivity contribution in [2.45, 2.75) is 0 Å². The Morgan fingerprint density at radius 1 is 1.43 bits per heavy atom. The Bertz CT molecular complexity index is 564. The van der Waals surface area contributed by atoms with Crippen LogP contribution < -0.4 is 25.8 Å². The lowest BCUT2D eigenvalue weighted by Crippen LogP contribution is -2.29. The summed E-state index contributed by atoms with van der Waals surface area (Å²) >= 11 is 0. The van der Waals surface area contributed by atoms with Crippen molar-refractivity contribution in [3.05, 3.63) is 18.2 Å². The molecule has 0 saturated heterocycles. The fraction of sp³-hybridized carbons (Fsp3) is 0.286. The average Bonchev–Trinajstić information content (AvgIpc) is 2.50. The fourth-order valence-electron chi connectivity index (χ4n) is 1.45. The highest BCUT2D eigenvalue weighted by Crippen LogP contribution is 2.28. The first kappa shape index (κ1) is 16.2. The number of nitrogens with one attached hydrogen (secondary N) is 2. The Labute approximate surface area is 123 Å². The number of hydrogen-bond acceptors (Lipinski definition) is 4. The number of nitrogens with two attached hydrogens (primary N) is 1. The van der Waals surface area contributed by atoms with E-state index in [-0.39, 0.29) is 25.0 Å². The van der Waals surface area contributed by atoms with Crippen LogP contribution in [0, 0.1) is 12.3 Å². The molecule has 0 saturated carbocycles. The van der Waals surface area contributed by atoms with Crippen molar-refractivity contribution < 1.29 is 14.3 Å². The van der Waals surface area contributed by atoms with Gasteiger partial charge in [-0.1, -0.05) is 5.92 Å². The van der Waals surface area contributed by atoms with Crippen LogP contribution in [-0.2, 0) is 4.79 Å². The second-order valence-electron chi connectivity index (χ2n) is 3.87. The van der Waals surface area contributed by atoms with Gasteiger partial charge in [0.2, 0.25) is 5.91 Å². The average molecular weight is 290 g/mol. The van der Waals surface area contributed by atoms with Gasteiger partial charge in [-0.25, -0.2) is 4.99 Å². The molecule has 0 atom stereocenters. The number of carbonyl (C=O) groups is 1. The molecule has 7 nitrogen and oxygen atoms in total. The van der Waals surface area contributed by atoms with Crippen LogP contribution in [0.1, 0.15) is 0 Å². The van der Waals surface area contributed by atoms with Crippen molar-refractivity contribution in [1.82, 2.24) is 5.32 Å². The summed E-state index contributed by atoms with van der Waals surface area (Å²) in [6.45, 7) is 0.0399. The standard InChI is InChI=1S/C14H18N4O3/c1-4-7-16-13(19)9-17-14(15)18-11-8-10(20-2)5-6-12(11)21-3/h1,5-6,8H,7,9H2,2-3H3,(H,16,19)(H3,15,17,18). The van der Waals surface area contributed by atoms with Gasteiger partial charge in [-0.05, 0) is 12.1 Å². The number of terminal acetylenes is 1. The number of amides is 1. The molecule has 0 bridgehead atoms. The quantitative estimate of drug-likeness (QED) is 0.394. The van der Waals surface area contributed by atoms with Crippen molar-refractivity contribution >= 4 is 17.6 Å². The van der Waals surface area contributed by atoms with E-state index in [1.807, 2.05) is 0 Å². The Hall–Kier alpha value is -2.88. The van der Waals surface area contributed by atoms with E-state index in [0.29, 0.717) is 17.2 Å². The van der Waals surface area contributed by atoms with Crippen molar-refractivity contribution in [3.63, 3.8) is 0 Å². The fourth-order valence-corrected chi connectivity index (χ4v) is 1.45. The molecule has 0 heterocycles. The van der Waals surface area contributed by atoms with Gasteiger partial charge in [-0.3, -0.25) is 4.79 Å². The van der Waals surface area contributed by atoms with Gasteiger partial charge in [-0.15, -0.1) is 6.42 Å². The van der Waals surface area contributed by atoms with E-state index in [0.717, 1.165) is 0 Å². The number of anilines is 1. The third-order valence-corrected chi connectivity index (χ3v) is 2.45. The highest BCUT2D eigenvalue weighted by Gasteiger charge is 2.06. The molecule has 1 amide bonds. The first-order valence-electron chi connectivity index (χ1n) is 6.09. The van der Waals surface area contributed by atoms with Gasteiger partial charge in [0, 0.05) is 6.07 Å². The molecule has 112 valence electrons. The van der Waals surface area contributed by atoms with Crippen LogP contribution in [0.25, 0.3) is 0 Å². The molecule has 0 aliphatic carbocycles. The van der Waals surface area contributed by atoms with Crippen molar-refractivity contribution in [2.24, 2.45) is 10.7 Å². The first-order valence-corrected chi connectivity index (χ1v) is 6.09. The summed E-state index contributed by atoms with van der Waals surface area (Å²) in [6, 6.07) is 5.19. The number of carbonyl (C=O) groups excluding carboxylic acids is 1. The number of rotatable bonds is 6. The van der Waals surface area contributed by atoms with Gasteiger partial charge in [0.15, 0.2) is 5.96 Å². The van der Waals surface area contributed by atoms with Crippen molar-refractivity contribution in [1.29, 1.82) is 0 Å². The minimum atomic E-state index is -0.310. The molecule has 0 aliphatic rings. The first-order chi connectivity index (χ1) is 10.1. The summed E-state index contributed by atoms with van der Waals surface area (Å²) in [4.78, 5) is 15.3. The molecule has 4 N–H and O–H groups in total. The van der Waals surface area contributed by atoms with E-state index in [9.17, 15) is 4.79 Å². The van der Waals surface area contributed by atoms with Gasteiger partial charge < -0.3 is 25.8 Å². The molecule has 0 unspecified atom stereocenters. The maximum absolute atomic E-state index is 11.3. The Kier molecular flexibility index (Phi) is 6.41. The number of guanidine groups is 1. The lowest BCUT2D eigenvalue weighted by Gasteiger charge is -2.12. The summed E-state index contributed by atoms with van der Waals surface area (Å²) < 4.78 is 10.3. The topological polar surface area (TPSA) is 98.0 Å². The normalized spacial score (nSPS) is 10.4. The third kappa shape index (κ3) is 5.32. The van der Waals surface area contributed by atoms with Gasteiger partial charge in [0.1, 0.15) is 18.0 Å².